The highest BCUT2D eigenvalue weighted by molar-refractivity contribution is 7.91. The third-order valence-electron chi connectivity index (χ3n) is 3.57. The topological polar surface area (TPSA) is 54.5 Å². The summed E-state index contributed by atoms with van der Waals surface area (Å²) < 4.78 is 23.1. The molecule has 20 heavy (non-hydrogen) atoms. The Bertz CT molecular complexity index is 559. The predicted octanol–water partition coefficient (Wildman–Crippen LogP) is 1.48. The summed E-state index contributed by atoms with van der Waals surface area (Å²) in [5.74, 6) is -0.0742. The summed E-state index contributed by atoms with van der Waals surface area (Å²) in [5.41, 5.74) is 1.13. The Kier molecular flexibility index (Phi) is 5.05. The van der Waals surface area contributed by atoms with Crippen LogP contribution in [0.2, 0.25) is 0 Å². The molecule has 0 unspecified atom stereocenters. The van der Waals surface area contributed by atoms with Crippen LogP contribution in [-0.2, 0) is 21.1 Å². The highest BCUT2D eigenvalue weighted by atomic mass is 35.5. The first-order valence-corrected chi connectivity index (χ1v) is 8.97. The maximum Gasteiger partial charge on any atom is 0.237 e. The fourth-order valence-electron chi connectivity index (χ4n) is 2.50. The lowest BCUT2D eigenvalue weighted by Gasteiger charge is -2.27. The van der Waals surface area contributed by atoms with Gasteiger partial charge in [-0.05, 0) is 18.4 Å². The highest BCUT2D eigenvalue weighted by Crippen LogP contribution is 2.19. The number of alkyl halides is 1. The van der Waals surface area contributed by atoms with Crippen LogP contribution in [0.1, 0.15) is 12.0 Å². The van der Waals surface area contributed by atoms with Gasteiger partial charge in [-0.15, -0.1) is 11.6 Å². The van der Waals surface area contributed by atoms with E-state index >= 15 is 0 Å². The van der Waals surface area contributed by atoms with Crippen molar-refractivity contribution in [1.82, 2.24) is 4.90 Å². The number of nitrogens with zero attached hydrogens (tertiary/aromatic N) is 1. The van der Waals surface area contributed by atoms with Crippen molar-refractivity contribution in [1.29, 1.82) is 0 Å². The van der Waals surface area contributed by atoms with Crippen molar-refractivity contribution in [2.45, 2.75) is 18.9 Å². The molecule has 1 atom stereocenters. The Hall–Kier alpha value is -1.07. The van der Waals surface area contributed by atoms with Crippen LogP contribution in [0.25, 0.3) is 0 Å². The number of rotatable bonds is 5. The third-order valence-corrected chi connectivity index (χ3v) is 5.55. The van der Waals surface area contributed by atoms with Gasteiger partial charge < -0.3 is 4.90 Å². The van der Waals surface area contributed by atoms with Gasteiger partial charge in [0.15, 0.2) is 9.84 Å². The standard InChI is InChI=1S/C14H18ClNO3S/c15-10-14(17)16(13-7-9-20(18,19)11-13)8-6-12-4-2-1-3-5-12/h1-5,13H,6-11H2/t13-/m0/s1. The van der Waals surface area contributed by atoms with Crippen molar-refractivity contribution in [3.05, 3.63) is 35.9 Å². The zero-order valence-corrected chi connectivity index (χ0v) is 12.7. The van der Waals surface area contributed by atoms with E-state index in [0.29, 0.717) is 19.4 Å². The number of carbonyl (C=O) groups excluding carboxylic acids is 1. The number of halogens is 1. The molecule has 0 aromatic heterocycles. The first-order valence-electron chi connectivity index (χ1n) is 6.61. The van der Waals surface area contributed by atoms with Crippen molar-refractivity contribution < 1.29 is 13.2 Å². The molecule has 2 rings (SSSR count). The molecule has 1 heterocycles. The van der Waals surface area contributed by atoms with Crippen LogP contribution < -0.4 is 0 Å². The Morgan fingerprint density at radius 1 is 1.30 bits per heavy atom. The molecule has 1 amide bonds. The number of sulfone groups is 1. The Morgan fingerprint density at radius 2 is 2.00 bits per heavy atom. The fourth-order valence-corrected chi connectivity index (χ4v) is 4.39. The minimum Gasteiger partial charge on any atom is -0.337 e. The van der Waals surface area contributed by atoms with Gasteiger partial charge >= 0.3 is 0 Å². The molecule has 0 aliphatic carbocycles. The molecular weight excluding hydrogens is 298 g/mol. The van der Waals surface area contributed by atoms with Crippen molar-refractivity contribution in [2.75, 3.05) is 23.9 Å². The monoisotopic (exact) mass is 315 g/mol. The summed E-state index contributed by atoms with van der Waals surface area (Å²) in [4.78, 5) is 13.6. The van der Waals surface area contributed by atoms with E-state index < -0.39 is 9.84 Å². The van der Waals surface area contributed by atoms with Crippen molar-refractivity contribution in [3.63, 3.8) is 0 Å². The molecule has 1 aromatic rings. The molecule has 4 nitrogen and oxygen atoms in total. The Labute approximate surface area is 124 Å². The molecule has 1 aliphatic rings. The average Bonchev–Trinajstić information content (AvgIpc) is 2.80. The quantitative estimate of drug-likeness (QED) is 0.773. The van der Waals surface area contributed by atoms with Gasteiger partial charge in [-0.3, -0.25) is 4.79 Å². The van der Waals surface area contributed by atoms with E-state index in [-0.39, 0.29) is 29.3 Å². The number of benzene rings is 1. The fraction of sp³-hybridized carbons (Fsp3) is 0.500. The third kappa shape index (κ3) is 3.96. The molecule has 0 N–H and O–H groups in total. The Morgan fingerprint density at radius 3 is 2.55 bits per heavy atom. The molecule has 1 saturated heterocycles. The first-order chi connectivity index (χ1) is 9.52. The summed E-state index contributed by atoms with van der Waals surface area (Å²) in [6.45, 7) is 0.510. The average molecular weight is 316 g/mol. The second-order valence-electron chi connectivity index (χ2n) is 5.01. The van der Waals surface area contributed by atoms with Crippen LogP contribution in [0.5, 0.6) is 0 Å². The maximum absolute atomic E-state index is 11.9. The summed E-state index contributed by atoms with van der Waals surface area (Å²) in [6, 6.07) is 9.60. The lowest BCUT2D eigenvalue weighted by molar-refractivity contribution is -0.130. The maximum atomic E-state index is 11.9. The molecule has 0 radical (unpaired) electrons. The molecule has 0 bridgehead atoms. The number of amides is 1. The summed E-state index contributed by atoms with van der Waals surface area (Å²) in [6.07, 6.45) is 1.22. The molecule has 0 saturated carbocycles. The first kappa shape index (κ1) is 15.3. The van der Waals surface area contributed by atoms with E-state index in [1.807, 2.05) is 30.3 Å². The smallest absolute Gasteiger partial charge is 0.237 e. The minimum absolute atomic E-state index is 0.0599. The van der Waals surface area contributed by atoms with E-state index in [1.165, 1.54) is 0 Å². The molecule has 0 spiro atoms. The van der Waals surface area contributed by atoms with Gasteiger partial charge in [-0.1, -0.05) is 30.3 Å². The van der Waals surface area contributed by atoms with E-state index in [2.05, 4.69) is 0 Å². The van der Waals surface area contributed by atoms with Gasteiger partial charge in [0, 0.05) is 12.6 Å². The van der Waals surface area contributed by atoms with Gasteiger partial charge in [0.05, 0.1) is 11.5 Å². The summed E-state index contributed by atoms with van der Waals surface area (Å²) >= 11 is 5.64. The molecule has 110 valence electrons. The normalized spacial score (nSPS) is 20.8. The van der Waals surface area contributed by atoms with Crippen LogP contribution in [-0.4, -0.2) is 49.2 Å². The van der Waals surface area contributed by atoms with Crippen LogP contribution >= 0.6 is 11.6 Å². The lowest BCUT2D eigenvalue weighted by atomic mass is 10.1. The van der Waals surface area contributed by atoms with Crippen molar-refractivity contribution >= 4 is 27.3 Å². The van der Waals surface area contributed by atoms with Crippen molar-refractivity contribution in [3.8, 4) is 0 Å². The van der Waals surface area contributed by atoms with Gasteiger partial charge in [0.2, 0.25) is 5.91 Å². The lowest BCUT2D eigenvalue weighted by Crippen LogP contribution is -2.43. The SMILES string of the molecule is O=C(CCl)N(CCc1ccccc1)[C@H]1CCS(=O)(=O)C1. The number of carbonyl (C=O) groups is 1. The van der Waals surface area contributed by atoms with Crippen LogP contribution in [0.4, 0.5) is 0 Å². The van der Waals surface area contributed by atoms with Crippen LogP contribution in [0.3, 0.4) is 0 Å². The minimum atomic E-state index is -3.00. The highest BCUT2D eigenvalue weighted by Gasteiger charge is 2.34. The molecule has 1 aromatic carbocycles. The van der Waals surface area contributed by atoms with Crippen LogP contribution in [0.15, 0.2) is 30.3 Å². The second kappa shape index (κ2) is 6.59. The molecule has 6 heteroatoms. The predicted molar refractivity (Wildman–Crippen MR) is 79.6 cm³/mol. The second-order valence-corrected chi connectivity index (χ2v) is 7.51. The van der Waals surface area contributed by atoms with E-state index in [1.54, 1.807) is 4.90 Å². The number of hydrogen-bond donors (Lipinski definition) is 0. The zero-order valence-electron chi connectivity index (χ0n) is 11.2. The number of hydrogen-bond acceptors (Lipinski definition) is 3. The largest absolute Gasteiger partial charge is 0.337 e. The van der Waals surface area contributed by atoms with E-state index in [0.717, 1.165) is 5.56 Å². The molecule has 1 aliphatic heterocycles. The zero-order chi connectivity index (χ0) is 14.6. The van der Waals surface area contributed by atoms with Crippen LogP contribution in [0, 0.1) is 0 Å². The summed E-state index contributed by atoms with van der Waals surface area (Å²) in [7, 11) is -3.00. The molecular formula is C14H18ClNO3S. The summed E-state index contributed by atoms with van der Waals surface area (Å²) in [5, 5.41) is 0. The van der Waals surface area contributed by atoms with Crippen molar-refractivity contribution in [2.24, 2.45) is 0 Å². The van der Waals surface area contributed by atoms with Gasteiger partial charge in [-0.2, -0.15) is 0 Å². The van der Waals surface area contributed by atoms with E-state index in [9.17, 15) is 13.2 Å². The van der Waals surface area contributed by atoms with Gasteiger partial charge in [0.25, 0.3) is 0 Å². The Balaban J connectivity index is 2.03. The van der Waals surface area contributed by atoms with Gasteiger partial charge in [0.1, 0.15) is 5.88 Å². The molecule has 1 fully saturated rings. The van der Waals surface area contributed by atoms with E-state index in [4.69, 9.17) is 11.6 Å². The van der Waals surface area contributed by atoms with Gasteiger partial charge in [-0.25, -0.2) is 8.42 Å².